The molecule has 0 bridgehead atoms. The van der Waals surface area contributed by atoms with Crippen molar-refractivity contribution in [1.82, 2.24) is 0 Å². The van der Waals surface area contributed by atoms with Crippen LogP contribution in [0.3, 0.4) is 0 Å². The molecule has 0 saturated heterocycles. The predicted molar refractivity (Wildman–Crippen MR) is 105 cm³/mol. The van der Waals surface area contributed by atoms with Crippen molar-refractivity contribution < 1.29 is 52.2 Å². The normalized spacial score (nSPS) is 16.9. The van der Waals surface area contributed by atoms with Gasteiger partial charge in [-0.25, -0.2) is 0 Å². The van der Waals surface area contributed by atoms with E-state index < -0.39 is 0 Å². The van der Waals surface area contributed by atoms with E-state index in [0.29, 0.717) is 29.2 Å². The monoisotopic (exact) mass is 511 g/mol. The van der Waals surface area contributed by atoms with Crippen LogP contribution in [0.2, 0.25) is 0 Å². The Balaban J connectivity index is 0.00000240. The summed E-state index contributed by atoms with van der Waals surface area (Å²) in [6.45, 7) is 1.83. The van der Waals surface area contributed by atoms with Gasteiger partial charge in [0.25, 0.3) is 0 Å². The molecule has 2 aliphatic heterocycles. The minimum atomic E-state index is 0. The number of rotatable bonds is 2. The van der Waals surface area contributed by atoms with Crippen LogP contribution in [0.5, 0.6) is 23.0 Å². The quantitative estimate of drug-likeness (QED) is 0.420. The van der Waals surface area contributed by atoms with Crippen LogP contribution in [0.25, 0.3) is 0 Å². The number of nitrogens with zero attached hydrogens (tertiary/aromatic N) is 1. The van der Waals surface area contributed by atoms with Gasteiger partial charge < -0.3 is 47.4 Å². The number of methoxy groups -OCH3 is 2. The number of fused-ring (bicyclic) bond motifs is 3. The molecule has 0 unspecified atom stereocenters. The zero-order valence-corrected chi connectivity index (χ0v) is 19.4. The molecule has 2 aliphatic rings. The lowest BCUT2D eigenvalue weighted by Crippen LogP contribution is -3.00. The molecule has 2 heterocycles. The molecule has 4 rings (SSSR count). The van der Waals surface area contributed by atoms with Crippen LogP contribution < -0.4 is 42.9 Å². The molecule has 0 fully saturated rings. The molecule has 29 heavy (non-hydrogen) atoms. The molecule has 0 atom stereocenters. The molecule has 0 amide bonds. The third kappa shape index (κ3) is 4.16. The molecular weight excluding hydrogens is 485 g/mol. The van der Waals surface area contributed by atoms with Gasteiger partial charge in [-0.1, -0.05) is 6.07 Å². The fourth-order valence-electron chi connectivity index (χ4n) is 4.02. The molecule has 0 aliphatic carbocycles. The van der Waals surface area contributed by atoms with Crippen molar-refractivity contribution in [2.75, 3.05) is 41.7 Å². The summed E-state index contributed by atoms with van der Waals surface area (Å²) in [4.78, 5) is 13.2. The lowest BCUT2D eigenvalue weighted by atomic mass is 9.91. The molecule has 0 radical (unpaired) electrons. The van der Waals surface area contributed by atoms with Crippen LogP contribution in [0.1, 0.15) is 27.0 Å². The van der Waals surface area contributed by atoms with Gasteiger partial charge in [-0.05, 0) is 29.3 Å². The Morgan fingerprint density at radius 3 is 2.41 bits per heavy atom. The Bertz CT molecular complexity index is 941. The van der Waals surface area contributed by atoms with Crippen molar-refractivity contribution in [2.24, 2.45) is 0 Å². The van der Waals surface area contributed by atoms with E-state index in [1.54, 1.807) is 14.2 Å². The van der Waals surface area contributed by atoms with Crippen LogP contribution in [0, 0.1) is 0 Å². The largest absolute Gasteiger partial charge is 1.00 e. The third-order valence-corrected chi connectivity index (χ3v) is 5.57. The van der Waals surface area contributed by atoms with Crippen molar-refractivity contribution in [2.45, 2.75) is 19.4 Å². The predicted octanol–water partition coefficient (Wildman–Crippen LogP) is -0.00560. The maximum Gasteiger partial charge on any atom is 0.231 e. The van der Waals surface area contributed by atoms with E-state index in [4.69, 9.17) is 18.9 Å². The second kappa shape index (κ2) is 8.39. The number of benzene rings is 2. The average molecular weight is 511 g/mol. The van der Waals surface area contributed by atoms with Crippen molar-refractivity contribution in [3.05, 3.63) is 46.5 Å². The standard InChI is InChI=1S/C22H26NO5.HI/c1-23(2)8-7-15-10-20-21(28-13-27-20)11-16(15)18(24)9-14-5-6-19(25-3)22(26-4)17(14)12-23;/h5-6,10-11H,7-9,12-13H2,1-4H3;1H/q+1;/p-1. The molecule has 0 saturated carbocycles. The number of carbonyl (C=O) groups is 1. The second-order valence-electron chi connectivity index (χ2n) is 7.97. The minimum Gasteiger partial charge on any atom is -1.00 e. The highest BCUT2D eigenvalue weighted by Crippen LogP contribution is 2.39. The van der Waals surface area contributed by atoms with E-state index >= 15 is 0 Å². The van der Waals surface area contributed by atoms with Gasteiger partial charge in [0.15, 0.2) is 28.8 Å². The number of hydrogen-bond donors (Lipinski definition) is 0. The molecule has 6 nitrogen and oxygen atoms in total. The summed E-state index contributed by atoms with van der Waals surface area (Å²) in [5.41, 5.74) is 3.74. The molecule has 2 aromatic rings. The third-order valence-electron chi connectivity index (χ3n) is 5.57. The van der Waals surface area contributed by atoms with Gasteiger partial charge in [0.1, 0.15) is 6.54 Å². The second-order valence-corrected chi connectivity index (χ2v) is 7.97. The van der Waals surface area contributed by atoms with Crippen molar-refractivity contribution in [1.29, 1.82) is 0 Å². The van der Waals surface area contributed by atoms with Crippen LogP contribution in [-0.4, -0.2) is 51.9 Å². The fraction of sp³-hybridized carbons (Fsp3) is 0.409. The number of carbonyl (C=O) groups excluding carboxylic acids is 1. The summed E-state index contributed by atoms with van der Waals surface area (Å²) in [5.74, 6) is 2.85. The maximum absolute atomic E-state index is 13.2. The summed E-state index contributed by atoms with van der Waals surface area (Å²) >= 11 is 0. The fourth-order valence-corrected chi connectivity index (χ4v) is 4.02. The maximum atomic E-state index is 13.2. The van der Waals surface area contributed by atoms with E-state index in [1.165, 1.54) is 0 Å². The lowest BCUT2D eigenvalue weighted by Gasteiger charge is -2.32. The van der Waals surface area contributed by atoms with Crippen LogP contribution in [-0.2, 0) is 19.4 Å². The van der Waals surface area contributed by atoms with E-state index in [9.17, 15) is 4.79 Å². The molecular formula is C22H26INO5. The van der Waals surface area contributed by atoms with Gasteiger partial charge in [-0.15, -0.1) is 0 Å². The van der Waals surface area contributed by atoms with Crippen LogP contribution in [0.15, 0.2) is 24.3 Å². The Hall–Kier alpha value is -2.00. The highest BCUT2D eigenvalue weighted by atomic mass is 127. The first-order chi connectivity index (χ1) is 13.4. The smallest absolute Gasteiger partial charge is 0.231 e. The Morgan fingerprint density at radius 1 is 1.00 bits per heavy atom. The van der Waals surface area contributed by atoms with E-state index in [2.05, 4.69) is 14.1 Å². The highest BCUT2D eigenvalue weighted by molar-refractivity contribution is 6.00. The summed E-state index contributed by atoms with van der Waals surface area (Å²) < 4.78 is 23.0. The SMILES string of the molecule is COc1ccc2c(c1OC)C[N+](C)(C)CCc1cc3c(cc1C(=O)C2)OCO3.[I-]. The zero-order chi connectivity index (χ0) is 19.9. The van der Waals surface area contributed by atoms with E-state index in [0.717, 1.165) is 46.4 Å². The average Bonchev–Trinajstić information content (AvgIpc) is 3.13. The van der Waals surface area contributed by atoms with E-state index in [1.807, 2.05) is 24.3 Å². The summed E-state index contributed by atoms with van der Waals surface area (Å²) in [7, 11) is 7.67. The number of halogens is 1. The van der Waals surface area contributed by atoms with Gasteiger partial charge >= 0.3 is 0 Å². The first-order valence-corrected chi connectivity index (χ1v) is 9.42. The van der Waals surface area contributed by atoms with E-state index in [-0.39, 0.29) is 36.6 Å². The summed E-state index contributed by atoms with van der Waals surface area (Å²) in [5, 5.41) is 0. The molecule has 156 valence electrons. The first-order valence-electron chi connectivity index (χ1n) is 9.42. The Kier molecular flexibility index (Phi) is 6.28. The van der Waals surface area contributed by atoms with Crippen LogP contribution in [0.4, 0.5) is 0 Å². The van der Waals surface area contributed by atoms with Crippen molar-refractivity contribution >= 4 is 5.78 Å². The minimum absolute atomic E-state index is 0. The number of hydrogen-bond acceptors (Lipinski definition) is 5. The zero-order valence-electron chi connectivity index (χ0n) is 17.2. The van der Waals surface area contributed by atoms with Gasteiger partial charge in [-0.2, -0.15) is 0 Å². The summed E-state index contributed by atoms with van der Waals surface area (Å²) in [6, 6.07) is 7.65. The number of ketones is 1. The van der Waals surface area contributed by atoms with Crippen LogP contribution >= 0.6 is 0 Å². The number of Topliss-reactive ketones (excluding diaryl/α,β-unsaturated/α-hetero) is 1. The number of quaternary nitrogens is 1. The van der Waals surface area contributed by atoms with Crippen molar-refractivity contribution in [3.63, 3.8) is 0 Å². The molecule has 0 spiro atoms. The molecule has 2 aromatic carbocycles. The summed E-state index contributed by atoms with van der Waals surface area (Å²) in [6.07, 6.45) is 1.09. The highest BCUT2D eigenvalue weighted by Gasteiger charge is 2.29. The van der Waals surface area contributed by atoms with Gasteiger partial charge in [0, 0.05) is 18.4 Å². The van der Waals surface area contributed by atoms with Crippen molar-refractivity contribution in [3.8, 4) is 23.0 Å². The van der Waals surface area contributed by atoms with Gasteiger partial charge in [0.2, 0.25) is 6.79 Å². The Morgan fingerprint density at radius 2 is 1.72 bits per heavy atom. The first kappa shape index (κ1) is 21.7. The molecule has 0 aromatic heterocycles. The Labute approximate surface area is 188 Å². The lowest BCUT2D eigenvalue weighted by molar-refractivity contribution is -0.903. The molecule has 7 heteroatoms. The number of ether oxygens (including phenoxy) is 4. The number of likely N-dealkylation sites (N-methyl/N-ethyl adjacent to an activating group) is 1. The molecule has 0 N–H and O–H groups in total. The topological polar surface area (TPSA) is 54.0 Å². The van der Waals surface area contributed by atoms with Gasteiger partial charge in [0.05, 0.1) is 40.4 Å². The van der Waals surface area contributed by atoms with Gasteiger partial charge in [-0.3, -0.25) is 4.79 Å².